The van der Waals surface area contributed by atoms with Gasteiger partial charge in [0.05, 0.1) is 0 Å². The molecule has 0 bridgehead atoms. The van der Waals surface area contributed by atoms with Crippen molar-refractivity contribution in [3.05, 3.63) is 16.0 Å². The number of hydrogen-bond donors (Lipinski definition) is 2. The number of rotatable bonds is 1. The summed E-state index contributed by atoms with van der Waals surface area (Å²) in [5.41, 5.74) is 13.5. The molecule has 0 aromatic heterocycles. The molecule has 1 fully saturated rings. The molecule has 0 spiro atoms. The highest BCUT2D eigenvalue weighted by Crippen LogP contribution is 2.03. The monoisotopic (exact) mass is 157 g/mol. The molecule has 6 heteroatoms. The molecule has 0 saturated carbocycles. The Bertz CT molecular complexity index is 158. The van der Waals surface area contributed by atoms with Gasteiger partial charge in [-0.2, -0.15) is 0 Å². The number of carboxylic acid groups (broad SMARTS) is 1. The van der Waals surface area contributed by atoms with E-state index >= 15 is 0 Å². The van der Waals surface area contributed by atoms with Crippen LogP contribution in [0.5, 0.6) is 0 Å². The SMILES string of the molecule is O=C(O)C1CCCN1.[N-]=[N+]=[N-]. The van der Waals surface area contributed by atoms with Crippen LogP contribution in [-0.2, 0) is 4.79 Å². The first-order valence-corrected chi connectivity index (χ1v) is 3.17. The van der Waals surface area contributed by atoms with Crippen LogP contribution in [-0.4, -0.2) is 23.7 Å². The summed E-state index contributed by atoms with van der Waals surface area (Å²) >= 11 is 0. The van der Waals surface area contributed by atoms with E-state index in [1.54, 1.807) is 0 Å². The fraction of sp³-hybridized carbons (Fsp3) is 0.800. The van der Waals surface area contributed by atoms with Gasteiger partial charge in [0.1, 0.15) is 6.04 Å². The fourth-order valence-corrected chi connectivity index (χ4v) is 0.895. The summed E-state index contributed by atoms with van der Waals surface area (Å²) in [6, 6.07) is -0.269. The van der Waals surface area contributed by atoms with Crippen LogP contribution in [0.1, 0.15) is 12.8 Å². The highest BCUT2D eigenvalue weighted by atomic mass is 16.4. The summed E-state index contributed by atoms with van der Waals surface area (Å²) in [5, 5.41) is 11.2. The Morgan fingerprint density at radius 1 is 1.64 bits per heavy atom. The van der Waals surface area contributed by atoms with Gasteiger partial charge in [0.2, 0.25) is 0 Å². The van der Waals surface area contributed by atoms with Gasteiger partial charge in [-0.05, 0) is 19.4 Å². The zero-order chi connectivity index (χ0) is 8.69. The van der Waals surface area contributed by atoms with Crippen molar-refractivity contribution in [2.75, 3.05) is 6.54 Å². The average molecular weight is 157 g/mol. The molecule has 1 rings (SSSR count). The van der Waals surface area contributed by atoms with E-state index in [1.165, 1.54) is 4.91 Å². The van der Waals surface area contributed by atoms with E-state index in [0.717, 1.165) is 19.4 Å². The van der Waals surface area contributed by atoms with Crippen molar-refractivity contribution in [3.8, 4) is 0 Å². The molecule has 1 aliphatic rings. The highest BCUT2D eigenvalue weighted by molar-refractivity contribution is 5.73. The highest BCUT2D eigenvalue weighted by Gasteiger charge is 2.20. The molecule has 1 atom stereocenters. The lowest BCUT2D eigenvalue weighted by atomic mass is 10.2. The van der Waals surface area contributed by atoms with Gasteiger partial charge in [0.15, 0.2) is 0 Å². The van der Waals surface area contributed by atoms with E-state index in [0.29, 0.717) is 0 Å². The lowest BCUT2D eigenvalue weighted by Gasteiger charge is -1.99. The lowest BCUT2D eigenvalue weighted by molar-refractivity contribution is -0.139. The van der Waals surface area contributed by atoms with Crippen LogP contribution in [0.3, 0.4) is 0 Å². The molecule has 0 aliphatic carbocycles. The Balaban J connectivity index is 0.000000292. The summed E-state index contributed by atoms with van der Waals surface area (Å²) in [6.45, 7) is 0.858. The maximum Gasteiger partial charge on any atom is 0.320 e. The van der Waals surface area contributed by atoms with Crippen LogP contribution < -0.4 is 5.32 Å². The van der Waals surface area contributed by atoms with Crippen LogP contribution in [0.25, 0.3) is 16.0 Å². The number of carbonyl (C=O) groups is 1. The maximum absolute atomic E-state index is 10.1. The Morgan fingerprint density at radius 3 is 2.36 bits per heavy atom. The summed E-state index contributed by atoms with van der Waals surface area (Å²) < 4.78 is 0. The Hall–Kier alpha value is -1.26. The zero-order valence-corrected chi connectivity index (χ0v) is 5.90. The first-order valence-electron chi connectivity index (χ1n) is 3.17. The van der Waals surface area contributed by atoms with Crippen molar-refractivity contribution in [2.24, 2.45) is 0 Å². The summed E-state index contributed by atoms with van der Waals surface area (Å²) in [4.78, 5) is 11.6. The quantitative estimate of drug-likeness (QED) is 0.332. The van der Waals surface area contributed by atoms with Crippen LogP contribution in [0.2, 0.25) is 0 Å². The van der Waals surface area contributed by atoms with Gasteiger partial charge in [-0.3, -0.25) is 9.71 Å². The predicted octanol–water partition coefficient (Wildman–Crippen LogP) is 0.689. The van der Waals surface area contributed by atoms with Crippen LogP contribution >= 0.6 is 0 Å². The first kappa shape index (κ1) is 9.74. The van der Waals surface area contributed by atoms with E-state index in [1.807, 2.05) is 0 Å². The van der Waals surface area contributed by atoms with Crippen molar-refractivity contribution in [1.82, 2.24) is 5.32 Å². The Labute approximate surface area is 63.6 Å². The molecule has 0 amide bonds. The normalized spacial score (nSPS) is 21.3. The molecule has 1 heterocycles. The molecule has 62 valence electrons. The third-order valence-corrected chi connectivity index (χ3v) is 1.36. The number of nitrogens with zero attached hydrogens (tertiary/aromatic N) is 3. The van der Waals surface area contributed by atoms with Gasteiger partial charge in [0, 0.05) is 0 Å². The van der Waals surface area contributed by atoms with Crippen molar-refractivity contribution in [1.29, 1.82) is 0 Å². The summed E-state index contributed by atoms with van der Waals surface area (Å²) in [7, 11) is 0. The smallest absolute Gasteiger partial charge is 0.320 e. The summed E-state index contributed by atoms with van der Waals surface area (Å²) in [6.07, 6.45) is 1.78. The van der Waals surface area contributed by atoms with Gasteiger partial charge in [0.25, 0.3) is 0 Å². The maximum atomic E-state index is 10.1. The molecule has 2 N–H and O–H groups in total. The number of aliphatic carboxylic acids is 1. The molecule has 0 aromatic rings. The summed E-state index contributed by atoms with van der Waals surface area (Å²) in [5.74, 6) is -0.720. The van der Waals surface area contributed by atoms with E-state index in [-0.39, 0.29) is 6.04 Å². The van der Waals surface area contributed by atoms with Crippen molar-refractivity contribution in [3.63, 3.8) is 0 Å². The Kier molecular flexibility index (Phi) is 4.89. The van der Waals surface area contributed by atoms with Gasteiger partial charge >= 0.3 is 5.97 Å². The van der Waals surface area contributed by atoms with Crippen LogP contribution in [0, 0.1) is 0 Å². The zero-order valence-electron chi connectivity index (χ0n) is 5.90. The number of hydrogen-bond acceptors (Lipinski definition) is 2. The minimum absolute atomic E-state index is 0.269. The van der Waals surface area contributed by atoms with E-state index in [4.69, 9.17) is 16.2 Å². The van der Waals surface area contributed by atoms with E-state index in [9.17, 15) is 4.79 Å². The molecular weight excluding hydrogens is 148 g/mol. The molecule has 11 heavy (non-hydrogen) atoms. The third kappa shape index (κ3) is 4.19. The molecule has 0 aromatic carbocycles. The van der Waals surface area contributed by atoms with Crippen molar-refractivity contribution < 1.29 is 9.90 Å². The topological polar surface area (TPSA) is 108 Å². The van der Waals surface area contributed by atoms with E-state index in [2.05, 4.69) is 5.32 Å². The predicted molar refractivity (Wildman–Crippen MR) is 38.7 cm³/mol. The Morgan fingerprint density at radius 2 is 2.18 bits per heavy atom. The molecule has 1 unspecified atom stereocenters. The van der Waals surface area contributed by atoms with Crippen LogP contribution in [0.4, 0.5) is 0 Å². The first-order chi connectivity index (χ1) is 5.22. The largest absolute Gasteiger partial charge is 0.480 e. The second-order valence-corrected chi connectivity index (χ2v) is 2.08. The van der Waals surface area contributed by atoms with Crippen LogP contribution in [0.15, 0.2) is 0 Å². The molecular formula is C5H9N4O2-. The van der Waals surface area contributed by atoms with Gasteiger partial charge in [-0.1, -0.05) is 0 Å². The van der Waals surface area contributed by atoms with Gasteiger partial charge in [-0.25, -0.2) is 0 Å². The second-order valence-electron chi connectivity index (χ2n) is 2.08. The minimum atomic E-state index is -0.720. The minimum Gasteiger partial charge on any atom is -0.480 e. The molecule has 6 nitrogen and oxygen atoms in total. The third-order valence-electron chi connectivity index (χ3n) is 1.36. The number of nitrogens with one attached hydrogen (secondary N) is 1. The second kappa shape index (κ2) is 5.52. The number of carboxylic acids is 1. The van der Waals surface area contributed by atoms with Gasteiger partial charge < -0.3 is 21.5 Å². The standard InChI is InChI=1S/C5H9NO2.N3/c7-5(8)4-2-1-3-6-4;1-3-2/h4,6H,1-3H2,(H,7,8);/q;-1. The van der Waals surface area contributed by atoms with Crippen molar-refractivity contribution in [2.45, 2.75) is 18.9 Å². The van der Waals surface area contributed by atoms with Crippen molar-refractivity contribution >= 4 is 5.97 Å². The fourth-order valence-electron chi connectivity index (χ4n) is 0.895. The lowest BCUT2D eigenvalue weighted by Crippen LogP contribution is -2.29. The average Bonchev–Trinajstić information content (AvgIpc) is 2.38. The molecule has 1 saturated heterocycles. The molecule has 0 radical (unpaired) electrons. The van der Waals surface area contributed by atoms with Gasteiger partial charge in [-0.15, -0.1) is 0 Å². The van der Waals surface area contributed by atoms with E-state index < -0.39 is 5.97 Å². The molecule has 1 aliphatic heterocycles.